The highest BCUT2D eigenvalue weighted by atomic mass is 35.5. The molecule has 40 heavy (non-hydrogen) atoms. The van der Waals surface area contributed by atoms with E-state index in [9.17, 15) is 9.59 Å². The fraction of sp³-hybridized carbons (Fsp3) is 0.300. The molecule has 2 N–H and O–H groups in total. The highest BCUT2D eigenvalue weighted by Gasteiger charge is 2.25. The highest BCUT2D eigenvalue weighted by Crippen LogP contribution is 2.28. The van der Waals surface area contributed by atoms with Crippen LogP contribution in [0.15, 0.2) is 71.8 Å². The third-order valence-electron chi connectivity index (χ3n) is 5.74. The van der Waals surface area contributed by atoms with Crippen molar-refractivity contribution >= 4 is 41.2 Å². The Bertz CT molecular complexity index is 1300. The van der Waals surface area contributed by atoms with E-state index in [4.69, 9.17) is 37.4 Å². The first-order valence-corrected chi connectivity index (χ1v) is 13.5. The molecule has 3 rings (SSSR count). The molecule has 0 saturated carbocycles. The van der Waals surface area contributed by atoms with E-state index in [2.05, 4.69) is 15.8 Å². The lowest BCUT2D eigenvalue weighted by Gasteiger charge is -2.22. The maximum absolute atomic E-state index is 12.8. The van der Waals surface area contributed by atoms with E-state index in [0.29, 0.717) is 29.5 Å². The zero-order valence-corrected chi connectivity index (χ0v) is 24.3. The van der Waals surface area contributed by atoms with Gasteiger partial charge in [0.15, 0.2) is 6.10 Å². The maximum Gasteiger partial charge on any atom is 0.262 e. The van der Waals surface area contributed by atoms with Gasteiger partial charge in [0.2, 0.25) is 0 Å². The van der Waals surface area contributed by atoms with Crippen LogP contribution in [0.25, 0.3) is 0 Å². The Morgan fingerprint density at radius 2 is 1.60 bits per heavy atom. The molecule has 0 bridgehead atoms. The van der Waals surface area contributed by atoms with Crippen LogP contribution in [0.1, 0.15) is 38.3 Å². The number of hydrogen-bond donors (Lipinski definition) is 2. The summed E-state index contributed by atoms with van der Waals surface area (Å²) in [7, 11) is 1.63. The third-order valence-corrected chi connectivity index (χ3v) is 6.27. The molecule has 10 heteroatoms. The summed E-state index contributed by atoms with van der Waals surface area (Å²) in [5.74, 6) is 1.07. The second-order valence-electron chi connectivity index (χ2n) is 9.47. The molecule has 0 aliphatic rings. The summed E-state index contributed by atoms with van der Waals surface area (Å²) in [6.45, 7) is 5.92. The number of amides is 2. The average Bonchev–Trinajstić information content (AvgIpc) is 2.93. The van der Waals surface area contributed by atoms with Crippen molar-refractivity contribution in [2.75, 3.05) is 7.11 Å². The Balaban J connectivity index is 1.52. The van der Waals surface area contributed by atoms with Crippen LogP contribution in [0.5, 0.6) is 17.2 Å². The molecule has 0 fully saturated rings. The van der Waals surface area contributed by atoms with Gasteiger partial charge in [-0.25, -0.2) is 5.43 Å². The van der Waals surface area contributed by atoms with Crippen molar-refractivity contribution in [3.8, 4) is 17.2 Å². The van der Waals surface area contributed by atoms with Gasteiger partial charge in [-0.2, -0.15) is 5.10 Å². The number of hydrogen-bond acceptors (Lipinski definition) is 6. The van der Waals surface area contributed by atoms with E-state index >= 15 is 0 Å². The average molecular weight is 587 g/mol. The molecular weight excluding hydrogens is 553 g/mol. The summed E-state index contributed by atoms with van der Waals surface area (Å²) in [6.07, 6.45) is 1.05. The molecule has 2 amide bonds. The summed E-state index contributed by atoms with van der Waals surface area (Å²) < 4.78 is 16.7. The Kier molecular flexibility index (Phi) is 11.7. The van der Waals surface area contributed by atoms with Crippen LogP contribution in [-0.2, 0) is 16.2 Å². The minimum Gasteiger partial charge on any atom is -0.497 e. The van der Waals surface area contributed by atoms with Crippen molar-refractivity contribution in [1.82, 2.24) is 10.7 Å². The van der Waals surface area contributed by atoms with Gasteiger partial charge in [-0.1, -0.05) is 49.2 Å². The standard InChI is InChI=1S/C30H33Cl2N3O5/c1-19(2)15-27(34-29(36)20(3)40-28-14-9-23(31)16-26(28)32)30(37)35-33-17-21-5-12-25(13-6-21)39-18-22-7-10-24(38-4)11-8-22/h5-14,16-17,19-20,27H,15,18H2,1-4H3,(H,34,36)(H,35,37)/b33-17-/t20-,27-/m0/s1. The monoisotopic (exact) mass is 585 g/mol. The smallest absolute Gasteiger partial charge is 0.262 e. The van der Waals surface area contributed by atoms with Gasteiger partial charge in [-0.3, -0.25) is 9.59 Å². The van der Waals surface area contributed by atoms with Gasteiger partial charge in [0.05, 0.1) is 18.3 Å². The van der Waals surface area contributed by atoms with Crippen LogP contribution in [0.2, 0.25) is 10.0 Å². The topological polar surface area (TPSA) is 98.3 Å². The quantitative estimate of drug-likeness (QED) is 0.188. The zero-order chi connectivity index (χ0) is 29.1. The van der Waals surface area contributed by atoms with E-state index in [1.165, 1.54) is 12.3 Å². The van der Waals surface area contributed by atoms with Gasteiger partial charge >= 0.3 is 0 Å². The van der Waals surface area contributed by atoms with Gasteiger partial charge in [0.25, 0.3) is 11.8 Å². The van der Waals surface area contributed by atoms with Crippen LogP contribution in [-0.4, -0.2) is 37.3 Å². The predicted octanol–water partition coefficient (Wildman–Crippen LogP) is 6.03. The summed E-state index contributed by atoms with van der Waals surface area (Å²) in [4.78, 5) is 25.6. The van der Waals surface area contributed by atoms with Crippen LogP contribution in [0, 0.1) is 5.92 Å². The Hall–Kier alpha value is -3.75. The molecule has 0 aliphatic carbocycles. The Morgan fingerprint density at radius 1 is 0.925 bits per heavy atom. The molecule has 0 heterocycles. The lowest BCUT2D eigenvalue weighted by atomic mass is 10.0. The fourth-order valence-corrected chi connectivity index (χ4v) is 4.05. The number of ether oxygens (including phenoxy) is 3. The van der Waals surface area contributed by atoms with Crippen molar-refractivity contribution in [3.05, 3.63) is 87.9 Å². The van der Waals surface area contributed by atoms with Crippen molar-refractivity contribution in [2.24, 2.45) is 11.0 Å². The lowest BCUT2D eigenvalue weighted by Crippen LogP contribution is -2.49. The van der Waals surface area contributed by atoms with E-state index in [-0.39, 0.29) is 10.9 Å². The number of halogens is 2. The number of benzene rings is 3. The zero-order valence-electron chi connectivity index (χ0n) is 22.8. The predicted molar refractivity (Wildman–Crippen MR) is 157 cm³/mol. The van der Waals surface area contributed by atoms with E-state index in [1.54, 1.807) is 26.2 Å². The maximum atomic E-state index is 12.8. The number of nitrogens with zero attached hydrogens (tertiary/aromatic N) is 1. The largest absolute Gasteiger partial charge is 0.497 e. The van der Waals surface area contributed by atoms with Crippen LogP contribution in [0.3, 0.4) is 0 Å². The molecule has 2 atom stereocenters. The summed E-state index contributed by atoms with van der Waals surface area (Å²) in [5, 5.41) is 7.55. The van der Waals surface area contributed by atoms with Gasteiger partial charge in [-0.05, 0) is 85.0 Å². The third kappa shape index (κ3) is 9.77. The first-order valence-electron chi connectivity index (χ1n) is 12.8. The molecule has 3 aromatic carbocycles. The van der Waals surface area contributed by atoms with E-state index in [0.717, 1.165) is 16.9 Å². The minimum absolute atomic E-state index is 0.146. The van der Waals surface area contributed by atoms with Gasteiger partial charge in [0.1, 0.15) is 29.9 Å². The first-order chi connectivity index (χ1) is 19.1. The number of rotatable bonds is 13. The molecule has 3 aromatic rings. The Morgan fingerprint density at radius 3 is 2.23 bits per heavy atom. The number of carbonyl (C=O) groups is 2. The molecule has 0 saturated heterocycles. The second kappa shape index (κ2) is 15.1. The first kappa shape index (κ1) is 30.8. The fourth-order valence-electron chi connectivity index (χ4n) is 3.59. The summed E-state index contributed by atoms with van der Waals surface area (Å²) in [5.41, 5.74) is 4.30. The summed E-state index contributed by atoms with van der Waals surface area (Å²) in [6, 6.07) is 18.9. The van der Waals surface area contributed by atoms with E-state index < -0.39 is 24.0 Å². The van der Waals surface area contributed by atoms with Crippen LogP contribution < -0.4 is 25.0 Å². The number of methoxy groups -OCH3 is 1. The molecule has 0 radical (unpaired) electrons. The van der Waals surface area contributed by atoms with Crippen LogP contribution >= 0.6 is 23.2 Å². The van der Waals surface area contributed by atoms with Crippen molar-refractivity contribution in [2.45, 2.75) is 45.9 Å². The molecule has 0 aliphatic heterocycles. The van der Waals surface area contributed by atoms with Crippen LogP contribution in [0.4, 0.5) is 0 Å². The van der Waals surface area contributed by atoms with E-state index in [1.807, 2.05) is 62.4 Å². The van der Waals surface area contributed by atoms with Gasteiger partial charge < -0.3 is 19.5 Å². The lowest BCUT2D eigenvalue weighted by molar-refractivity contribution is -0.132. The second-order valence-corrected chi connectivity index (χ2v) is 10.3. The minimum atomic E-state index is -0.893. The van der Waals surface area contributed by atoms with Crippen molar-refractivity contribution in [3.63, 3.8) is 0 Å². The SMILES string of the molecule is COc1ccc(COc2ccc(/C=N\NC(=O)[C@H](CC(C)C)NC(=O)[C@H](C)Oc3ccc(Cl)cc3Cl)cc2)cc1. The molecule has 0 aromatic heterocycles. The van der Waals surface area contributed by atoms with Gasteiger partial charge in [-0.15, -0.1) is 0 Å². The normalized spacial score (nSPS) is 12.6. The molecule has 212 valence electrons. The molecular formula is C30H33Cl2N3O5. The number of carbonyl (C=O) groups excluding carboxylic acids is 2. The Labute approximate surface area is 244 Å². The highest BCUT2D eigenvalue weighted by molar-refractivity contribution is 6.35. The summed E-state index contributed by atoms with van der Waals surface area (Å²) >= 11 is 12.1. The molecule has 8 nitrogen and oxygen atoms in total. The molecule has 0 spiro atoms. The number of nitrogens with one attached hydrogen (secondary N) is 2. The number of hydrazone groups is 1. The molecule has 0 unspecified atom stereocenters. The van der Waals surface area contributed by atoms with Crippen molar-refractivity contribution in [1.29, 1.82) is 0 Å². The van der Waals surface area contributed by atoms with Crippen molar-refractivity contribution < 1.29 is 23.8 Å². The van der Waals surface area contributed by atoms with Gasteiger partial charge in [0, 0.05) is 5.02 Å².